The van der Waals surface area contributed by atoms with Crippen LogP contribution >= 0.6 is 11.6 Å². The third-order valence-corrected chi connectivity index (χ3v) is 5.04. The van der Waals surface area contributed by atoms with Crippen LogP contribution < -0.4 is 5.32 Å². The van der Waals surface area contributed by atoms with Gasteiger partial charge in [0.25, 0.3) is 0 Å². The monoisotopic (exact) mass is 385 g/mol. The molecule has 0 bridgehead atoms. The van der Waals surface area contributed by atoms with Crippen LogP contribution in [0.25, 0.3) is 0 Å². The average molecular weight is 386 g/mol. The molecule has 3 rings (SSSR count). The fraction of sp³-hybridized carbons (Fsp3) is 0.333. The van der Waals surface area contributed by atoms with Gasteiger partial charge in [-0.2, -0.15) is 0 Å². The molecule has 6 heteroatoms. The molecule has 0 saturated carbocycles. The minimum atomic E-state index is -0.130. The van der Waals surface area contributed by atoms with Gasteiger partial charge in [-0.05, 0) is 42.2 Å². The lowest BCUT2D eigenvalue weighted by Crippen LogP contribution is -2.40. The van der Waals surface area contributed by atoms with E-state index in [-0.39, 0.29) is 18.5 Å². The van der Waals surface area contributed by atoms with Gasteiger partial charge in [0.1, 0.15) is 6.54 Å². The first-order chi connectivity index (χ1) is 13.0. The van der Waals surface area contributed by atoms with Crippen LogP contribution in [-0.4, -0.2) is 47.9 Å². The number of amides is 3. The van der Waals surface area contributed by atoms with Crippen molar-refractivity contribution in [1.82, 2.24) is 15.1 Å². The van der Waals surface area contributed by atoms with Gasteiger partial charge in [0.05, 0.1) is 0 Å². The van der Waals surface area contributed by atoms with Gasteiger partial charge in [-0.25, -0.2) is 4.79 Å². The second-order valence-electron chi connectivity index (χ2n) is 6.78. The average Bonchev–Trinajstić information content (AvgIpc) is 2.99. The van der Waals surface area contributed by atoms with Gasteiger partial charge in [0.2, 0.25) is 5.91 Å². The maximum absolute atomic E-state index is 12.5. The zero-order valence-electron chi connectivity index (χ0n) is 15.5. The molecule has 0 aromatic heterocycles. The van der Waals surface area contributed by atoms with Crippen LogP contribution in [-0.2, 0) is 17.8 Å². The van der Waals surface area contributed by atoms with Crippen molar-refractivity contribution in [3.63, 3.8) is 0 Å². The van der Waals surface area contributed by atoms with Crippen LogP contribution in [0.4, 0.5) is 4.79 Å². The van der Waals surface area contributed by atoms with E-state index in [2.05, 4.69) is 5.32 Å². The molecule has 5 nitrogen and oxygen atoms in total. The molecule has 1 heterocycles. The number of hydrogen-bond acceptors (Lipinski definition) is 2. The maximum Gasteiger partial charge on any atom is 0.320 e. The number of nitrogens with zero attached hydrogens (tertiary/aromatic N) is 2. The van der Waals surface area contributed by atoms with Gasteiger partial charge in [-0.1, -0.05) is 48.0 Å². The van der Waals surface area contributed by atoms with Crippen LogP contribution in [0, 0.1) is 6.92 Å². The quantitative estimate of drug-likeness (QED) is 0.795. The lowest BCUT2D eigenvalue weighted by Gasteiger charge is -2.19. The van der Waals surface area contributed by atoms with Gasteiger partial charge in [-0.3, -0.25) is 4.79 Å². The van der Waals surface area contributed by atoms with Crippen molar-refractivity contribution in [3.05, 3.63) is 70.2 Å². The third kappa shape index (κ3) is 5.23. The van der Waals surface area contributed by atoms with Crippen molar-refractivity contribution in [2.45, 2.75) is 19.9 Å². The van der Waals surface area contributed by atoms with E-state index in [1.165, 1.54) is 5.56 Å². The van der Waals surface area contributed by atoms with E-state index in [0.717, 1.165) is 17.5 Å². The Labute approximate surface area is 164 Å². The van der Waals surface area contributed by atoms with Crippen molar-refractivity contribution in [1.29, 1.82) is 0 Å². The van der Waals surface area contributed by atoms with Gasteiger partial charge >= 0.3 is 6.03 Å². The third-order valence-electron chi connectivity index (χ3n) is 4.79. The number of carbonyl (C=O) groups excluding carboxylic acids is 2. The van der Waals surface area contributed by atoms with Crippen LogP contribution in [0.3, 0.4) is 0 Å². The van der Waals surface area contributed by atoms with E-state index in [0.29, 0.717) is 31.2 Å². The molecule has 3 amide bonds. The first kappa shape index (κ1) is 19.2. The SMILES string of the molecule is Cc1ccccc1CN1CCN(CC(=O)NCCc2ccc(Cl)cc2)C1=O. The largest absolute Gasteiger partial charge is 0.354 e. The molecule has 0 atom stereocenters. The van der Waals surface area contributed by atoms with Gasteiger partial charge in [0.15, 0.2) is 0 Å². The molecule has 0 radical (unpaired) electrons. The predicted molar refractivity (Wildman–Crippen MR) is 107 cm³/mol. The van der Waals surface area contributed by atoms with E-state index in [4.69, 9.17) is 11.6 Å². The molecular formula is C21H24ClN3O2. The van der Waals surface area contributed by atoms with Crippen molar-refractivity contribution in [2.75, 3.05) is 26.2 Å². The topological polar surface area (TPSA) is 52.6 Å². The Kier molecular flexibility index (Phi) is 6.35. The Morgan fingerprint density at radius 2 is 1.78 bits per heavy atom. The highest BCUT2D eigenvalue weighted by Gasteiger charge is 2.29. The molecule has 2 aromatic rings. The highest BCUT2D eigenvalue weighted by atomic mass is 35.5. The summed E-state index contributed by atoms with van der Waals surface area (Å²) in [7, 11) is 0. The maximum atomic E-state index is 12.5. The molecule has 142 valence electrons. The first-order valence-electron chi connectivity index (χ1n) is 9.12. The number of nitrogens with one attached hydrogen (secondary N) is 1. The summed E-state index contributed by atoms with van der Waals surface area (Å²) in [5.41, 5.74) is 3.42. The summed E-state index contributed by atoms with van der Waals surface area (Å²) in [6.45, 7) is 4.49. The second-order valence-corrected chi connectivity index (χ2v) is 7.22. The van der Waals surface area contributed by atoms with Crippen molar-refractivity contribution in [2.24, 2.45) is 0 Å². The summed E-state index contributed by atoms with van der Waals surface area (Å²) in [5, 5.41) is 3.58. The fourth-order valence-corrected chi connectivity index (χ4v) is 3.27. The van der Waals surface area contributed by atoms with E-state index in [1.54, 1.807) is 9.80 Å². The molecule has 0 unspecified atom stereocenters. The molecule has 1 fully saturated rings. The summed E-state index contributed by atoms with van der Waals surface area (Å²) in [5.74, 6) is -0.130. The summed E-state index contributed by atoms with van der Waals surface area (Å²) >= 11 is 5.87. The van der Waals surface area contributed by atoms with E-state index in [1.807, 2.05) is 55.5 Å². The Hall–Kier alpha value is -2.53. The smallest absolute Gasteiger partial charge is 0.320 e. The predicted octanol–water partition coefficient (Wildman–Crippen LogP) is 3.24. The summed E-state index contributed by atoms with van der Waals surface area (Å²) < 4.78 is 0. The fourth-order valence-electron chi connectivity index (χ4n) is 3.15. The van der Waals surface area contributed by atoms with Crippen LogP contribution in [0.15, 0.2) is 48.5 Å². The van der Waals surface area contributed by atoms with Gasteiger partial charge in [0, 0.05) is 31.2 Å². The second kappa shape index (κ2) is 8.91. The van der Waals surface area contributed by atoms with E-state index in [9.17, 15) is 9.59 Å². The van der Waals surface area contributed by atoms with Crippen molar-refractivity contribution in [3.8, 4) is 0 Å². The van der Waals surface area contributed by atoms with Gasteiger partial charge < -0.3 is 15.1 Å². The molecule has 0 aliphatic carbocycles. The number of benzene rings is 2. The van der Waals surface area contributed by atoms with Gasteiger partial charge in [-0.15, -0.1) is 0 Å². The summed E-state index contributed by atoms with van der Waals surface area (Å²) in [6, 6.07) is 15.5. The zero-order chi connectivity index (χ0) is 19.2. The van der Waals surface area contributed by atoms with E-state index < -0.39 is 0 Å². The first-order valence-corrected chi connectivity index (χ1v) is 9.50. The number of hydrogen-bond donors (Lipinski definition) is 1. The minimum absolute atomic E-state index is 0.0777. The number of rotatable bonds is 7. The molecule has 1 aliphatic heterocycles. The van der Waals surface area contributed by atoms with Crippen LogP contribution in [0.5, 0.6) is 0 Å². The molecule has 1 N–H and O–H groups in total. The highest BCUT2D eigenvalue weighted by molar-refractivity contribution is 6.30. The number of aryl methyl sites for hydroxylation is 1. The molecule has 2 aromatic carbocycles. The van der Waals surface area contributed by atoms with E-state index >= 15 is 0 Å². The van der Waals surface area contributed by atoms with Crippen LogP contribution in [0.2, 0.25) is 5.02 Å². The molecule has 27 heavy (non-hydrogen) atoms. The Morgan fingerprint density at radius 3 is 2.52 bits per heavy atom. The molecular weight excluding hydrogens is 362 g/mol. The normalized spacial score (nSPS) is 13.9. The number of urea groups is 1. The molecule has 1 aliphatic rings. The standard InChI is InChI=1S/C21H24ClN3O2/c1-16-4-2-3-5-18(16)14-24-12-13-25(21(24)27)15-20(26)23-11-10-17-6-8-19(22)9-7-17/h2-9H,10-15H2,1H3,(H,23,26). The van der Waals surface area contributed by atoms with Crippen molar-refractivity contribution >= 4 is 23.5 Å². The van der Waals surface area contributed by atoms with Crippen molar-refractivity contribution < 1.29 is 9.59 Å². The van der Waals surface area contributed by atoms with Crippen LogP contribution in [0.1, 0.15) is 16.7 Å². The Morgan fingerprint density at radius 1 is 1.07 bits per heavy atom. The Bertz CT molecular complexity index is 807. The molecule has 0 spiro atoms. The lowest BCUT2D eigenvalue weighted by molar-refractivity contribution is -0.121. The number of carbonyl (C=O) groups is 2. The summed E-state index contributed by atoms with van der Waals surface area (Å²) in [4.78, 5) is 28.1. The summed E-state index contributed by atoms with van der Waals surface area (Å²) in [6.07, 6.45) is 0.732. The molecule has 1 saturated heterocycles. The zero-order valence-corrected chi connectivity index (χ0v) is 16.2. The lowest BCUT2D eigenvalue weighted by atomic mass is 10.1. The Balaban J connectivity index is 1.44. The highest BCUT2D eigenvalue weighted by Crippen LogP contribution is 2.15. The number of halogens is 1. The minimum Gasteiger partial charge on any atom is -0.354 e.